The van der Waals surface area contributed by atoms with Crippen molar-refractivity contribution in [1.29, 1.82) is 0 Å². The van der Waals surface area contributed by atoms with Crippen molar-refractivity contribution in [1.82, 2.24) is 0 Å². The molecule has 0 aromatic heterocycles. The fourth-order valence-electron chi connectivity index (χ4n) is 1.73. The number of rotatable bonds is 7. The maximum absolute atomic E-state index is 11.9. The summed E-state index contributed by atoms with van der Waals surface area (Å²) >= 11 is 0. The van der Waals surface area contributed by atoms with E-state index < -0.39 is 11.9 Å². The minimum atomic E-state index is -0.413. The van der Waals surface area contributed by atoms with Crippen LogP contribution in [-0.2, 0) is 19.1 Å². The van der Waals surface area contributed by atoms with Gasteiger partial charge in [0.1, 0.15) is 0 Å². The molecule has 0 N–H and O–H groups in total. The third kappa shape index (κ3) is 4.90. The Labute approximate surface area is 109 Å². The molecular weight excluding hydrogens is 232 g/mol. The van der Waals surface area contributed by atoms with Gasteiger partial charge >= 0.3 is 11.9 Å². The Morgan fingerprint density at radius 2 is 1.44 bits per heavy atom. The van der Waals surface area contributed by atoms with E-state index in [1.165, 1.54) is 0 Å². The van der Waals surface area contributed by atoms with Gasteiger partial charge in [0.25, 0.3) is 0 Å². The van der Waals surface area contributed by atoms with E-state index in [0.29, 0.717) is 30.8 Å². The Kier molecular flexibility index (Phi) is 8.08. The second-order valence-corrected chi connectivity index (χ2v) is 4.24. The molecule has 0 amide bonds. The van der Waals surface area contributed by atoms with Crippen molar-refractivity contribution in [2.24, 2.45) is 5.92 Å². The Morgan fingerprint density at radius 1 is 0.944 bits per heavy atom. The SMILES string of the molecule is CCC/C(C(=O)OCC)=C(/C(=O)OCC)C(C)C. The Bertz CT molecular complexity index is 316. The van der Waals surface area contributed by atoms with Crippen LogP contribution in [0.3, 0.4) is 0 Å². The van der Waals surface area contributed by atoms with Crippen molar-refractivity contribution in [2.75, 3.05) is 13.2 Å². The van der Waals surface area contributed by atoms with Crippen molar-refractivity contribution < 1.29 is 19.1 Å². The van der Waals surface area contributed by atoms with E-state index in [1.807, 2.05) is 20.8 Å². The summed E-state index contributed by atoms with van der Waals surface area (Å²) in [5, 5.41) is 0. The lowest BCUT2D eigenvalue weighted by atomic mass is 9.94. The van der Waals surface area contributed by atoms with Crippen LogP contribution in [0.25, 0.3) is 0 Å². The van der Waals surface area contributed by atoms with Gasteiger partial charge < -0.3 is 9.47 Å². The van der Waals surface area contributed by atoms with Gasteiger partial charge in [-0.2, -0.15) is 0 Å². The molecule has 0 atom stereocenters. The highest BCUT2D eigenvalue weighted by Gasteiger charge is 2.24. The zero-order valence-corrected chi connectivity index (χ0v) is 12.0. The molecule has 0 bridgehead atoms. The molecule has 0 rings (SSSR count). The molecule has 0 spiro atoms. The van der Waals surface area contributed by atoms with E-state index in [2.05, 4.69) is 0 Å². The first kappa shape index (κ1) is 16.7. The highest BCUT2D eigenvalue weighted by Crippen LogP contribution is 2.22. The van der Waals surface area contributed by atoms with Crippen LogP contribution in [0.2, 0.25) is 0 Å². The Hall–Kier alpha value is -1.32. The molecule has 0 aliphatic rings. The van der Waals surface area contributed by atoms with Gasteiger partial charge in [-0.05, 0) is 26.2 Å². The second kappa shape index (κ2) is 8.72. The zero-order valence-electron chi connectivity index (χ0n) is 12.0. The number of hydrogen-bond acceptors (Lipinski definition) is 4. The minimum Gasteiger partial charge on any atom is -0.463 e. The molecule has 0 saturated carbocycles. The van der Waals surface area contributed by atoms with Crippen LogP contribution in [-0.4, -0.2) is 25.2 Å². The third-order valence-electron chi connectivity index (χ3n) is 2.42. The lowest BCUT2D eigenvalue weighted by molar-refractivity contribution is -0.142. The maximum atomic E-state index is 11.9. The quantitative estimate of drug-likeness (QED) is 0.519. The van der Waals surface area contributed by atoms with Crippen molar-refractivity contribution in [2.45, 2.75) is 47.5 Å². The zero-order chi connectivity index (χ0) is 14.1. The molecule has 0 aromatic carbocycles. The van der Waals surface area contributed by atoms with Crippen LogP contribution in [0.5, 0.6) is 0 Å². The first-order valence-corrected chi connectivity index (χ1v) is 6.56. The number of carbonyl (C=O) groups excluding carboxylic acids is 2. The van der Waals surface area contributed by atoms with Crippen molar-refractivity contribution in [3.63, 3.8) is 0 Å². The monoisotopic (exact) mass is 256 g/mol. The van der Waals surface area contributed by atoms with Gasteiger partial charge in [-0.15, -0.1) is 0 Å². The van der Waals surface area contributed by atoms with Gasteiger partial charge in [-0.3, -0.25) is 0 Å². The van der Waals surface area contributed by atoms with Crippen LogP contribution in [0.1, 0.15) is 47.5 Å². The standard InChI is InChI=1S/C14H24O4/c1-6-9-11(13(15)17-7-2)12(10(4)5)14(16)18-8-3/h10H,6-9H2,1-5H3/b12-11-. The summed E-state index contributed by atoms with van der Waals surface area (Å²) in [7, 11) is 0. The lowest BCUT2D eigenvalue weighted by Gasteiger charge is -2.16. The predicted molar refractivity (Wildman–Crippen MR) is 70.0 cm³/mol. The number of hydrogen-bond donors (Lipinski definition) is 0. The van der Waals surface area contributed by atoms with E-state index in [1.54, 1.807) is 13.8 Å². The normalized spacial score (nSPS) is 12.1. The smallest absolute Gasteiger partial charge is 0.334 e. The predicted octanol–water partition coefficient (Wildman–Crippen LogP) is 2.87. The number of carbonyl (C=O) groups is 2. The highest BCUT2D eigenvalue weighted by molar-refractivity contribution is 6.00. The van der Waals surface area contributed by atoms with E-state index in [0.717, 1.165) is 6.42 Å². The minimum absolute atomic E-state index is 0.0602. The van der Waals surface area contributed by atoms with Gasteiger partial charge in [-0.25, -0.2) is 9.59 Å². The van der Waals surface area contributed by atoms with E-state index in [4.69, 9.17) is 9.47 Å². The second-order valence-electron chi connectivity index (χ2n) is 4.24. The van der Waals surface area contributed by atoms with Crippen LogP contribution in [0, 0.1) is 5.92 Å². The molecule has 0 aromatic rings. The van der Waals surface area contributed by atoms with Gasteiger partial charge in [0, 0.05) is 5.57 Å². The van der Waals surface area contributed by atoms with Crippen molar-refractivity contribution in [3.05, 3.63) is 11.1 Å². The summed E-state index contributed by atoms with van der Waals surface area (Å²) in [6, 6.07) is 0. The molecule has 0 heterocycles. The summed E-state index contributed by atoms with van der Waals surface area (Å²) in [6.45, 7) is 9.82. The van der Waals surface area contributed by atoms with Crippen molar-refractivity contribution >= 4 is 11.9 Å². The summed E-state index contributed by atoms with van der Waals surface area (Å²) in [6.07, 6.45) is 1.31. The van der Waals surface area contributed by atoms with Crippen LogP contribution < -0.4 is 0 Å². The molecule has 104 valence electrons. The van der Waals surface area contributed by atoms with Crippen LogP contribution in [0.4, 0.5) is 0 Å². The average molecular weight is 256 g/mol. The summed E-state index contributed by atoms with van der Waals surface area (Å²) in [5.41, 5.74) is 0.893. The Balaban J connectivity index is 5.41. The van der Waals surface area contributed by atoms with Gasteiger partial charge in [0.05, 0.1) is 18.8 Å². The molecule has 0 fully saturated rings. The van der Waals surface area contributed by atoms with E-state index >= 15 is 0 Å². The number of ether oxygens (including phenoxy) is 2. The Morgan fingerprint density at radius 3 is 1.83 bits per heavy atom. The molecule has 4 heteroatoms. The molecule has 4 nitrogen and oxygen atoms in total. The molecular formula is C14H24O4. The van der Waals surface area contributed by atoms with E-state index in [9.17, 15) is 9.59 Å². The van der Waals surface area contributed by atoms with E-state index in [-0.39, 0.29) is 5.92 Å². The fourth-order valence-corrected chi connectivity index (χ4v) is 1.73. The maximum Gasteiger partial charge on any atom is 0.334 e. The van der Waals surface area contributed by atoms with Gasteiger partial charge in [-0.1, -0.05) is 27.2 Å². The molecule has 0 saturated heterocycles. The summed E-state index contributed by atoms with van der Waals surface area (Å²) < 4.78 is 10.0. The third-order valence-corrected chi connectivity index (χ3v) is 2.42. The first-order valence-electron chi connectivity index (χ1n) is 6.56. The fraction of sp³-hybridized carbons (Fsp3) is 0.714. The van der Waals surface area contributed by atoms with Crippen LogP contribution >= 0.6 is 0 Å². The topological polar surface area (TPSA) is 52.6 Å². The van der Waals surface area contributed by atoms with Gasteiger partial charge in [0.15, 0.2) is 0 Å². The molecule has 0 unspecified atom stereocenters. The largest absolute Gasteiger partial charge is 0.463 e. The summed E-state index contributed by atoms with van der Waals surface area (Å²) in [5.74, 6) is -0.880. The molecule has 0 aliphatic heterocycles. The summed E-state index contributed by atoms with van der Waals surface area (Å²) in [4.78, 5) is 23.8. The molecule has 0 aliphatic carbocycles. The average Bonchev–Trinajstić information content (AvgIpc) is 2.28. The van der Waals surface area contributed by atoms with Crippen LogP contribution in [0.15, 0.2) is 11.1 Å². The lowest BCUT2D eigenvalue weighted by Crippen LogP contribution is -2.20. The molecule has 18 heavy (non-hydrogen) atoms. The van der Waals surface area contributed by atoms with Gasteiger partial charge in [0.2, 0.25) is 0 Å². The molecule has 0 radical (unpaired) electrons. The highest BCUT2D eigenvalue weighted by atomic mass is 16.5. The first-order chi connectivity index (χ1) is 8.49. The van der Waals surface area contributed by atoms with Crippen molar-refractivity contribution in [3.8, 4) is 0 Å². The number of esters is 2.